The molecule has 2 aromatic rings. The van der Waals surface area contributed by atoms with Crippen molar-refractivity contribution in [2.75, 3.05) is 0 Å². The molecule has 1 heterocycles. The van der Waals surface area contributed by atoms with E-state index in [2.05, 4.69) is 4.57 Å². The second-order valence-electron chi connectivity index (χ2n) is 4.14. The van der Waals surface area contributed by atoms with Crippen LogP contribution in [0.3, 0.4) is 0 Å². The molecular formula is C13H14ClNO. The number of fused-ring (bicyclic) bond motifs is 1. The van der Waals surface area contributed by atoms with Crippen LogP contribution in [0, 0.1) is 6.92 Å². The van der Waals surface area contributed by atoms with Crippen LogP contribution in [0.2, 0.25) is 5.02 Å². The Labute approximate surface area is 99.8 Å². The largest absolute Gasteiger partial charge is 0.346 e. The molecule has 0 spiro atoms. The van der Waals surface area contributed by atoms with Gasteiger partial charge >= 0.3 is 0 Å². The molecule has 1 aromatic carbocycles. The van der Waals surface area contributed by atoms with Gasteiger partial charge in [0.05, 0.1) is 10.5 Å². The predicted molar refractivity (Wildman–Crippen MR) is 67.1 cm³/mol. The van der Waals surface area contributed by atoms with Crippen LogP contribution in [0.25, 0.3) is 10.9 Å². The Morgan fingerprint density at radius 2 is 2.12 bits per heavy atom. The molecule has 0 aliphatic carbocycles. The number of aryl methyl sites for hydroxylation is 1. The van der Waals surface area contributed by atoms with E-state index in [0.717, 1.165) is 27.2 Å². The van der Waals surface area contributed by atoms with Gasteiger partial charge in [-0.3, -0.25) is 4.79 Å². The summed E-state index contributed by atoms with van der Waals surface area (Å²) in [6.45, 7) is 3.64. The summed E-state index contributed by atoms with van der Waals surface area (Å²) in [5.74, 6) is 0.176. The fraction of sp³-hybridized carbons (Fsp3) is 0.308. The maximum atomic E-state index is 11.3. The first-order valence-corrected chi connectivity index (χ1v) is 5.62. The Balaban J connectivity index is 2.79. The molecule has 0 unspecified atom stereocenters. The summed E-state index contributed by atoms with van der Waals surface area (Å²) in [6, 6.07) is 5.82. The smallest absolute Gasteiger partial charge is 0.134 e. The van der Waals surface area contributed by atoms with Crippen molar-refractivity contribution in [3.63, 3.8) is 0 Å². The minimum absolute atomic E-state index is 0.176. The normalized spacial score (nSPS) is 11.0. The van der Waals surface area contributed by atoms with Gasteiger partial charge in [-0.15, -0.1) is 0 Å². The lowest BCUT2D eigenvalue weighted by atomic mass is 10.1. The monoisotopic (exact) mass is 235 g/mol. The van der Waals surface area contributed by atoms with E-state index in [-0.39, 0.29) is 5.78 Å². The number of Topliss-reactive ketones (excluding diaryl/α,β-unsaturated/α-hetero) is 1. The molecule has 2 rings (SSSR count). The zero-order chi connectivity index (χ0) is 11.9. The van der Waals surface area contributed by atoms with E-state index < -0.39 is 0 Å². The molecule has 1 aromatic heterocycles. The molecule has 0 saturated carbocycles. The van der Waals surface area contributed by atoms with Crippen LogP contribution in [0.5, 0.6) is 0 Å². The van der Waals surface area contributed by atoms with E-state index >= 15 is 0 Å². The minimum atomic E-state index is 0.176. The van der Waals surface area contributed by atoms with Crippen LogP contribution in [0.15, 0.2) is 18.2 Å². The van der Waals surface area contributed by atoms with Crippen LogP contribution in [0.4, 0.5) is 0 Å². The summed E-state index contributed by atoms with van der Waals surface area (Å²) in [7, 11) is 1.98. The number of hydrogen-bond donors (Lipinski definition) is 0. The molecule has 0 bridgehead atoms. The summed E-state index contributed by atoms with van der Waals surface area (Å²) < 4.78 is 2.05. The standard InChI is InChI=1S/C13H14ClNO/c1-8(16)7-11-9(2)15(3)13-10(11)5-4-6-12(13)14/h4-6H,7H2,1-3H3. The van der Waals surface area contributed by atoms with Gasteiger partial charge in [0.15, 0.2) is 0 Å². The predicted octanol–water partition coefficient (Wildman–Crippen LogP) is 3.27. The third-order valence-corrected chi connectivity index (χ3v) is 3.32. The van der Waals surface area contributed by atoms with Crippen molar-refractivity contribution >= 4 is 28.3 Å². The van der Waals surface area contributed by atoms with Gasteiger partial charge in [-0.1, -0.05) is 23.7 Å². The Hall–Kier alpha value is -1.28. The number of ketones is 1. The highest BCUT2D eigenvalue weighted by molar-refractivity contribution is 6.35. The van der Waals surface area contributed by atoms with Crippen molar-refractivity contribution in [1.29, 1.82) is 0 Å². The van der Waals surface area contributed by atoms with Crippen molar-refractivity contribution < 1.29 is 4.79 Å². The quantitative estimate of drug-likeness (QED) is 0.783. The number of halogens is 1. The van der Waals surface area contributed by atoms with Crippen LogP contribution in [0.1, 0.15) is 18.2 Å². The van der Waals surface area contributed by atoms with Crippen LogP contribution in [-0.4, -0.2) is 10.4 Å². The van der Waals surface area contributed by atoms with Gasteiger partial charge in [-0.05, 0) is 25.5 Å². The molecule has 3 heteroatoms. The van der Waals surface area contributed by atoms with Gasteiger partial charge in [0, 0.05) is 24.5 Å². The van der Waals surface area contributed by atoms with Crippen LogP contribution in [-0.2, 0) is 18.3 Å². The van der Waals surface area contributed by atoms with Gasteiger partial charge in [0.2, 0.25) is 0 Å². The molecule has 2 nitrogen and oxygen atoms in total. The van der Waals surface area contributed by atoms with Gasteiger partial charge < -0.3 is 4.57 Å². The summed E-state index contributed by atoms with van der Waals surface area (Å²) in [6.07, 6.45) is 0.476. The number of para-hydroxylation sites is 1. The number of carbonyl (C=O) groups excluding carboxylic acids is 1. The van der Waals surface area contributed by atoms with E-state index in [4.69, 9.17) is 11.6 Å². The summed E-state index contributed by atoms with van der Waals surface area (Å²) in [5, 5.41) is 1.82. The molecule has 0 atom stereocenters. The van der Waals surface area contributed by atoms with Gasteiger partial charge in [0.1, 0.15) is 5.78 Å². The van der Waals surface area contributed by atoms with Gasteiger partial charge in [-0.25, -0.2) is 0 Å². The molecule has 0 radical (unpaired) electrons. The molecule has 0 N–H and O–H groups in total. The van der Waals surface area contributed by atoms with Crippen molar-refractivity contribution in [3.05, 3.63) is 34.5 Å². The third-order valence-electron chi connectivity index (χ3n) is 3.01. The third kappa shape index (κ3) is 1.63. The Morgan fingerprint density at radius 3 is 2.75 bits per heavy atom. The zero-order valence-electron chi connectivity index (χ0n) is 9.67. The Bertz CT molecular complexity index is 569. The molecule has 0 aliphatic rings. The topological polar surface area (TPSA) is 22.0 Å². The lowest BCUT2D eigenvalue weighted by Gasteiger charge is -2.00. The second-order valence-corrected chi connectivity index (χ2v) is 4.54. The maximum Gasteiger partial charge on any atom is 0.134 e. The number of rotatable bonds is 2. The van der Waals surface area contributed by atoms with Gasteiger partial charge in [0.25, 0.3) is 0 Å². The Kier molecular flexibility index (Phi) is 2.76. The lowest BCUT2D eigenvalue weighted by molar-refractivity contribution is -0.116. The van der Waals surface area contributed by atoms with E-state index in [0.29, 0.717) is 6.42 Å². The maximum absolute atomic E-state index is 11.3. The number of hydrogen-bond acceptors (Lipinski definition) is 1. The van der Waals surface area contributed by atoms with Crippen LogP contribution >= 0.6 is 11.6 Å². The lowest BCUT2D eigenvalue weighted by Crippen LogP contribution is -1.98. The molecule has 16 heavy (non-hydrogen) atoms. The van der Waals surface area contributed by atoms with E-state index in [1.54, 1.807) is 6.92 Å². The average molecular weight is 236 g/mol. The number of aromatic nitrogens is 1. The molecular weight excluding hydrogens is 222 g/mol. The molecule has 0 fully saturated rings. The number of benzene rings is 1. The Morgan fingerprint density at radius 1 is 1.44 bits per heavy atom. The van der Waals surface area contributed by atoms with Crippen molar-refractivity contribution in [1.82, 2.24) is 4.57 Å². The van der Waals surface area contributed by atoms with Crippen molar-refractivity contribution in [2.24, 2.45) is 7.05 Å². The fourth-order valence-corrected chi connectivity index (χ4v) is 2.44. The highest BCUT2D eigenvalue weighted by Crippen LogP contribution is 2.30. The minimum Gasteiger partial charge on any atom is -0.346 e. The molecule has 0 aliphatic heterocycles. The van der Waals surface area contributed by atoms with Crippen LogP contribution < -0.4 is 0 Å². The highest BCUT2D eigenvalue weighted by atomic mass is 35.5. The van der Waals surface area contributed by atoms with Crippen molar-refractivity contribution in [2.45, 2.75) is 20.3 Å². The first-order chi connectivity index (χ1) is 7.52. The molecule has 84 valence electrons. The first-order valence-electron chi connectivity index (χ1n) is 5.24. The fourth-order valence-electron chi connectivity index (χ4n) is 2.14. The van der Waals surface area contributed by atoms with E-state index in [1.807, 2.05) is 32.2 Å². The summed E-state index contributed by atoms with van der Waals surface area (Å²) in [4.78, 5) is 11.3. The average Bonchev–Trinajstić information content (AvgIpc) is 2.44. The van der Waals surface area contributed by atoms with E-state index in [9.17, 15) is 4.79 Å². The zero-order valence-corrected chi connectivity index (χ0v) is 10.4. The summed E-state index contributed by atoms with van der Waals surface area (Å²) >= 11 is 6.18. The highest BCUT2D eigenvalue weighted by Gasteiger charge is 2.14. The van der Waals surface area contributed by atoms with E-state index in [1.165, 1.54) is 0 Å². The number of carbonyl (C=O) groups is 1. The SMILES string of the molecule is CC(=O)Cc1c(C)n(C)c2c(Cl)cccc12. The summed E-state index contributed by atoms with van der Waals surface area (Å²) in [5.41, 5.74) is 3.21. The molecule has 0 saturated heterocycles. The molecule has 0 amide bonds. The number of nitrogens with zero attached hydrogens (tertiary/aromatic N) is 1. The first kappa shape index (κ1) is 11.2. The van der Waals surface area contributed by atoms with Crippen molar-refractivity contribution in [3.8, 4) is 0 Å². The van der Waals surface area contributed by atoms with Gasteiger partial charge in [-0.2, -0.15) is 0 Å². The second kappa shape index (κ2) is 3.95.